The zero-order valence-electron chi connectivity index (χ0n) is 22.2. The van der Waals surface area contributed by atoms with Crippen molar-refractivity contribution in [3.05, 3.63) is 53.6 Å². The van der Waals surface area contributed by atoms with Gasteiger partial charge >= 0.3 is 0 Å². The Balaban J connectivity index is 1.27. The van der Waals surface area contributed by atoms with Gasteiger partial charge in [-0.25, -0.2) is 0 Å². The van der Waals surface area contributed by atoms with Gasteiger partial charge < -0.3 is 14.5 Å². The molecule has 190 valence electrons. The molecule has 4 aliphatic carbocycles. The maximum absolute atomic E-state index is 5.84. The third-order valence-corrected chi connectivity index (χ3v) is 11.7. The molecule has 6 atom stereocenters. The Labute approximate surface area is 216 Å². The van der Waals surface area contributed by atoms with E-state index >= 15 is 0 Å². The van der Waals surface area contributed by atoms with Gasteiger partial charge in [0.1, 0.15) is 5.75 Å². The Kier molecular flexibility index (Phi) is 4.51. The minimum absolute atomic E-state index is 0.315. The monoisotopic (exact) mass is 483 g/mol. The van der Waals surface area contributed by atoms with Crippen LogP contribution in [0.15, 0.2) is 42.5 Å². The van der Waals surface area contributed by atoms with Crippen molar-refractivity contribution in [2.24, 2.45) is 23.2 Å². The maximum atomic E-state index is 5.84. The van der Waals surface area contributed by atoms with Gasteiger partial charge in [0.15, 0.2) is 0 Å². The molecule has 8 rings (SSSR count). The SMILES string of the molecule is COc1ccc2c(c1)C13CCN(CC4CC4)C(C2)C12CCC1C3[C@@H](CN1c1ccccc1N(C)C)C2. The number of fused-ring (bicyclic) bond motifs is 1. The molecule has 2 heterocycles. The van der Waals surface area contributed by atoms with E-state index in [9.17, 15) is 0 Å². The number of nitrogens with zero attached hydrogens (tertiary/aromatic N) is 3. The molecular formula is C32H41N3O. The molecule has 2 aromatic rings. The van der Waals surface area contributed by atoms with Gasteiger partial charge in [0.2, 0.25) is 0 Å². The Morgan fingerprint density at radius 3 is 2.72 bits per heavy atom. The minimum Gasteiger partial charge on any atom is -0.497 e. The van der Waals surface area contributed by atoms with Gasteiger partial charge in [-0.1, -0.05) is 18.2 Å². The quantitative estimate of drug-likeness (QED) is 0.571. The van der Waals surface area contributed by atoms with Crippen LogP contribution in [0.25, 0.3) is 0 Å². The van der Waals surface area contributed by atoms with Crippen molar-refractivity contribution < 1.29 is 4.74 Å². The van der Waals surface area contributed by atoms with Crippen LogP contribution in [0.1, 0.15) is 49.7 Å². The third-order valence-electron chi connectivity index (χ3n) is 11.7. The lowest BCUT2D eigenvalue weighted by atomic mass is 9.43. The molecule has 2 saturated heterocycles. The average molecular weight is 484 g/mol. The summed E-state index contributed by atoms with van der Waals surface area (Å²) in [4.78, 5) is 8.15. The molecule has 6 aliphatic rings. The van der Waals surface area contributed by atoms with Crippen LogP contribution in [0.2, 0.25) is 0 Å². The van der Waals surface area contributed by atoms with Crippen LogP contribution in [0.5, 0.6) is 5.75 Å². The first-order chi connectivity index (χ1) is 17.6. The number of anilines is 2. The van der Waals surface area contributed by atoms with Gasteiger partial charge in [-0.15, -0.1) is 0 Å². The third kappa shape index (κ3) is 2.64. The zero-order chi connectivity index (χ0) is 24.2. The maximum Gasteiger partial charge on any atom is 0.119 e. The summed E-state index contributed by atoms with van der Waals surface area (Å²) in [5.41, 5.74) is 6.91. The Hall–Kier alpha value is -2.20. The highest BCUT2D eigenvalue weighted by Gasteiger charge is 2.76. The molecule has 5 unspecified atom stereocenters. The number of likely N-dealkylation sites (tertiary alicyclic amines) is 1. The van der Waals surface area contributed by atoms with E-state index < -0.39 is 0 Å². The van der Waals surface area contributed by atoms with E-state index in [0.717, 1.165) is 29.5 Å². The predicted molar refractivity (Wildman–Crippen MR) is 146 cm³/mol. The fourth-order valence-electron chi connectivity index (χ4n) is 10.4. The van der Waals surface area contributed by atoms with Crippen LogP contribution >= 0.6 is 0 Å². The molecule has 0 spiro atoms. The number of piperidine rings is 1. The van der Waals surface area contributed by atoms with Crippen molar-refractivity contribution in [2.75, 3.05) is 50.6 Å². The summed E-state index contributed by atoms with van der Waals surface area (Å²) in [6.45, 7) is 3.89. The van der Waals surface area contributed by atoms with Crippen LogP contribution in [0, 0.1) is 23.2 Å². The molecule has 4 nitrogen and oxygen atoms in total. The minimum atomic E-state index is 0.315. The summed E-state index contributed by atoms with van der Waals surface area (Å²) in [7, 11) is 6.24. The van der Waals surface area contributed by atoms with Gasteiger partial charge in [0, 0.05) is 44.7 Å². The number of hydrogen-bond donors (Lipinski definition) is 0. The first kappa shape index (κ1) is 21.8. The Bertz CT molecular complexity index is 1210. The first-order valence-electron chi connectivity index (χ1n) is 14.5. The van der Waals surface area contributed by atoms with Gasteiger partial charge in [0.25, 0.3) is 0 Å². The molecular weight excluding hydrogens is 442 g/mol. The summed E-state index contributed by atoms with van der Waals surface area (Å²) in [6, 6.07) is 17.7. The lowest BCUT2D eigenvalue weighted by Gasteiger charge is -2.66. The topological polar surface area (TPSA) is 19.0 Å². The van der Waals surface area contributed by atoms with Crippen LogP contribution in [-0.4, -0.2) is 57.8 Å². The van der Waals surface area contributed by atoms with Crippen molar-refractivity contribution >= 4 is 11.4 Å². The van der Waals surface area contributed by atoms with Crippen LogP contribution in [0.3, 0.4) is 0 Å². The van der Waals surface area contributed by atoms with E-state index in [1.807, 2.05) is 7.11 Å². The number of rotatable bonds is 5. The van der Waals surface area contributed by atoms with E-state index in [0.29, 0.717) is 16.9 Å². The number of ether oxygens (including phenoxy) is 1. The Morgan fingerprint density at radius 2 is 1.92 bits per heavy atom. The van der Waals surface area contributed by atoms with Crippen molar-refractivity contribution in [3.63, 3.8) is 0 Å². The fourth-order valence-corrected chi connectivity index (χ4v) is 10.4. The number of hydrogen-bond acceptors (Lipinski definition) is 4. The van der Waals surface area contributed by atoms with Gasteiger partial charge in [-0.3, -0.25) is 4.90 Å². The second-order valence-electron chi connectivity index (χ2n) is 13.2. The number of methoxy groups -OCH3 is 1. The smallest absolute Gasteiger partial charge is 0.119 e. The highest BCUT2D eigenvalue weighted by molar-refractivity contribution is 5.72. The molecule has 2 aromatic carbocycles. The first-order valence-corrected chi connectivity index (χ1v) is 14.5. The summed E-state index contributed by atoms with van der Waals surface area (Å²) in [6.07, 6.45) is 9.70. The van der Waals surface area contributed by atoms with Gasteiger partial charge in [-0.05, 0) is 110 Å². The summed E-state index contributed by atoms with van der Waals surface area (Å²) < 4.78 is 5.84. The van der Waals surface area contributed by atoms with Crippen molar-refractivity contribution in [2.45, 2.75) is 62.4 Å². The van der Waals surface area contributed by atoms with Crippen LogP contribution in [-0.2, 0) is 11.8 Å². The Morgan fingerprint density at radius 1 is 1.06 bits per heavy atom. The normalized spacial score (nSPS) is 38.0. The molecule has 0 radical (unpaired) electrons. The lowest BCUT2D eigenvalue weighted by molar-refractivity contribution is -0.0920. The molecule has 4 heteroatoms. The fraction of sp³-hybridized carbons (Fsp3) is 0.625. The van der Waals surface area contributed by atoms with E-state index in [1.165, 1.54) is 76.0 Å². The standard InChI is InChI=1S/C32H41N3O/c1-33(2)26-6-4-5-7-27(26)35-20-23-18-31-13-12-28(35)30(23)32(31)14-15-34(19-21-8-9-21)29(31)16-22-10-11-24(36-3)17-25(22)32/h4-7,10-11,17,21,23,28-30H,8-9,12-16,18-20H2,1-3H3/t23-,28?,29?,30?,31?,32?/m1/s1. The van der Waals surface area contributed by atoms with E-state index in [1.54, 1.807) is 11.1 Å². The van der Waals surface area contributed by atoms with E-state index in [2.05, 4.69) is 71.3 Å². The molecule has 3 saturated carbocycles. The van der Waals surface area contributed by atoms with Crippen molar-refractivity contribution in [1.29, 1.82) is 0 Å². The molecule has 36 heavy (non-hydrogen) atoms. The largest absolute Gasteiger partial charge is 0.497 e. The molecule has 0 aromatic heterocycles. The summed E-state index contributed by atoms with van der Waals surface area (Å²) >= 11 is 0. The second-order valence-corrected chi connectivity index (χ2v) is 13.2. The average Bonchev–Trinajstić information content (AvgIpc) is 3.58. The highest BCUT2D eigenvalue weighted by atomic mass is 16.5. The predicted octanol–water partition coefficient (Wildman–Crippen LogP) is 5.34. The second kappa shape index (κ2) is 7.43. The van der Waals surface area contributed by atoms with Crippen LogP contribution in [0.4, 0.5) is 11.4 Å². The summed E-state index contributed by atoms with van der Waals surface area (Å²) in [5, 5.41) is 0. The van der Waals surface area contributed by atoms with Crippen LogP contribution < -0.4 is 14.5 Å². The van der Waals surface area contributed by atoms with Crippen molar-refractivity contribution in [3.8, 4) is 5.75 Å². The van der Waals surface area contributed by atoms with Crippen molar-refractivity contribution in [1.82, 2.24) is 4.90 Å². The number of benzene rings is 2. The summed E-state index contributed by atoms with van der Waals surface area (Å²) in [5.74, 6) is 3.59. The molecule has 0 amide bonds. The molecule has 0 N–H and O–H groups in total. The highest BCUT2D eigenvalue weighted by Crippen LogP contribution is 2.75. The zero-order valence-corrected chi connectivity index (χ0v) is 22.2. The molecule has 2 aliphatic heterocycles. The van der Waals surface area contributed by atoms with E-state index in [-0.39, 0.29) is 0 Å². The molecule has 5 fully saturated rings. The number of para-hydroxylation sites is 2. The van der Waals surface area contributed by atoms with Gasteiger partial charge in [0.05, 0.1) is 18.5 Å². The van der Waals surface area contributed by atoms with E-state index in [4.69, 9.17) is 4.74 Å². The lowest BCUT2D eigenvalue weighted by Crippen LogP contribution is -2.69. The van der Waals surface area contributed by atoms with Gasteiger partial charge in [-0.2, -0.15) is 0 Å². The molecule has 4 bridgehead atoms.